The number of ether oxygens (including phenoxy) is 1. The van der Waals surface area contributed by atoms with Gasteiger partial charge >= 0.3 is 0 Å². The van der Waals surface area contributed by atoms with Crippen molar-refractivity contribution in [2.75, 3.05) is 13.7 Å². The molecule has 1 atom stereocenters. The maximum atomic E-state index is 13.4. The minimum absolute atomic E-state index is 0.113. The van der Waals surface area contributed by atoms with Gasteiger partial charge in [0.2, 0.25) is 11.8 Å². The summed E-state index contributed by atoms with van der Waals surface area (Å²) in [5, 5.41) is 4.94. The van der Waals surface area contributed by atoms with E-state index in [0.29, 0.717) is 6.54 Å². The quantitative estimate of drug-likeness (QED) is 0.458. The summed E-state index contributed by atoms with van der Waals surface area (Å²) >= 11 is 1.53. The van der Waals surface area contributed by atoms with E-state index in [1.807, 2.05) is 73.0 Å². The van der Waals surface area contributed by atoms with Crippen LogP contribution in [0.5, 0.6) is 5.75 Å². The molecule has 32 heavy (non-hydrogen) atoms. The van der Waals surface area contributed by atoms with Crippen LogP contribution < -0.4 is 10.1 Å². The number of benzene rings is 2. The zero-order valence-electron chi connectivity index (χ0n) is 18.4. The maximum absolute atomic E-state index is 13.4. The largest absolute Gasteiger partial charge is 0.497 e. The summed E-state index contributed by atoms with van der Waals surface area (Å²) in [6.45, 7) is 6.43. The molecule has 0 aliphatic heterocycles. The topological polar surface area (TPSA) is 58.6 Å². The van der Waals surface area contributed by atoms with Gasteiger partial charge in [0, 0.05) is 18.0 Å². The van der Waals surface area contributed by atoms with Gasteiger partial charge in [-0.1, -0.05) is 54.1 Å². The Morgan fingerprint density at radius 3 is 2.44 bits per heavy atom. The summed E-state index contributed by atoms with van der Waals surface area (Å²) in [5.41, 5.74) is 2.80. The Bertz CT molecular complexity index is 1030. The van der Waals surface area contributed by atoms with Crippen LogP contribution in [0, 0.1) is 6.92 Å². The highest BCUT2D eigenvalue weighted by molar-refractivity contribution is 7.10. The lowest BCUT2D eigenvalue weighted by atomic mass is 10.0. The first-order chi connectivity index (χ1) is 15.5. The van der Waals surface area contributed by atoms with Gasteiger partial charge in [-0.25, -0.2) is 0 Å². The van der Waals surface area contributed by atoms with Gasteiger partial charge in [0.1, 0.15) is 11.8 Å². The number of hydrogen-bond donors (Lipinski definition) is 1. The molecular formula is C26H28N2O3S. The SMILES string of the molecule is C=CCN(C(=O)Cc1cccs1)[C@@H](C(=O)NCc1ccc(OC)cc1)c1ccc(C)cc1. The van der Waals surface area contributed by atoms with E-state index < -0.39 is 6.04 Å². The Hall–Kier alpha value is -3.38. The van der Waals surface area contributed by atoms with E-state index in [4.69, 9.17) is 4.74 Å². The van der Waals surface area contributed by atoms with Gasteiger partial charge in [-0.3, -0.25) is 9.59 Å². The average Bonchev–Trinajstić information content (AvgIpc) is 3.32. The van der Waals surface area contributed by atoms with Crippen LogP contribution in [0.1, 0.15) is 27.6 Å². The van der Waals surface area contributed by atoms with E-state index >= 15 is 0 Å². The second kappa shape index (κ2) is 11.3. The third-order valence-corrected chi connectivity index (χ3v) is 6.01. The minimum Gasteiger partial charge on any atom is -0.497 e. The lowest BCUT2D eigenvalue weighted by Gasteiger charge is -2.30. The van der Waals surface area contributed by atoms with E-state index in [0.717, 1.165) is 27.3 Å². The van der Waals surface area contributed by atoms with Gasteiger partial charge in [0.25, 0.3) is 0 Å². The number of carbonyl (C=O) groups excluding carboxylic acids is 2. The second-order valence-corrected chi connectivity index (χ2v) is 8.50. The Morgan fingerprint density at radius 2 is 1.84 bits per heavy atom. The summed E-state index contributed by atoms with van der Waals surface area (Å²) in [5.74, 6) is 0.414. The third-order valence-electron chi connectivity index (χ3n) is 5.13. The molecule has 0 spiro atoms. The van der Waals surface area contributed by atoms with Crippen LogP contribution in [-0.4, -0.2) is 30.4 Å². The Morgan fingerprint density at radius 1 is 1.12 bits per heavy atom. The second-order valence-electron chi connectivity index (χ2n) is 7.47. The van der Waals surface area contributed by atoms with Crippen LogP contribution in [0.25, 0.3) is 0 Å². The molecule has 2 aromatic carbocycles. The summed E-state index contributed by atoms with van der Waals surface area (Å²) < 4.78 is 5.19. The lowest BCUT2D eigenvalue weighted by Crippen LogP contribution is -2.44. The highest BCUT2D eigenvalue weighted by atomic mass is 32.1. The van der Waals surface area contributed by atoms with E-state index in [1.165, 1.54) is 11.3 Å². The molecular weight excluding hydrogens is 420 g/mol. The molecule has 0 aliphatic carbocycles. The fourth-order valence-corrected chi connectivity index (χ4v) is 4.10. The maximum Gasteiger partial charge on any atom is 0.247 e. The van der Waals surface area contributed by atoms with Gasteiger partial charge in [-0.15, -0.1) is 17.9 Å². The fourth-order valence-electron chi connectivity index (χ4n) is 3.40. The molecule has 0 aliphatic rings. The Labute approximate surface area is 193 Å². The molecule has 1 N–H and O–H groups in total. The lowest BCUT2D eigenvalue weighted by molar-refractivity contribution is -0.139. The fraction of sp³-hybridized carbons (Fsp3) is 0.231. The molecule has 0 saturated heterocycles. The van der Waals surface area contributed by atoms with Crippen LogP contribution >= 0.6 is 11.3 Å². The van der Waals surface area contributed by atoms with Crippen LogP contribution in [0.2, 0.25) is 0 Å². The number of carbonyl (C=O) groups is 2. The van der Waals surface area contributed by atoms with Crippen molar-refractivity contribution in [2.24, 2.45) is 0 Å². The van der Waals surface area contributed by atoms with Crippen molar-refractivity contribution in [3.63, 3.8) is 0 Å². The number of hydrogen-bond acceptors (Lipinski definition) is 4. The molecule has 6 heteroatoms. The average molecular weight is 449 g/mol. The molecule has 2 amide bonds. The first-order valence-electron chi connectivity index (χ1n) is 10.4. The van der Waals surface area contributed by atoms with Crippen LogP contribution in [-0.2, 0) is 22.6 Å². The molecule has 3 aromatic rings. The van der Waals surface area contributed by atoms with Crippen LogP contribution in [0.3, 0.4) is 0 Å². The first kappa shape index (κ1) is 23.3. The molecule has 0 fully saturated rings. The monoisotopic (exact) mass is 448 g/mol. The zero-order chi connectivity index (χ0) is 22.9. The smallest absolute Gasteiger partial charge is 0.247 e. The van der Waals surface area contributed by atoms with Gasteiger partial charge in [-0.05, 0) is 41.6 Å². The summed E-state index contributed by atoms with van der Waals surface area (Å²) in [4.78, 5) is 29.2. The van der Waals surface area contributed by atoms with Crippen molar-refractivity contribution in [2.45, 2.75) is 25.9 Å². The number of nitrogens with one attached hydrogen (secondary N) is 1. The molecule has 1 aromatic heterocycles. The Kier molecular flexibility index (Phi) is 8.22. The van der Waals surface area contributed by atoms with Crippen molar-refractivity contribution < 1.29 is 14.3 Å². The van der Waals surface area contributed by atoms with Crippen molar-refractivity contribution >= 4 is 23.2 Å². The molecule has 166 valence electrons. The number of rotatable bonds is 10. The van der Waals surface area contributed by atoms with Crippen molar-refractivity contribution in [1.29, 1.82) is 0 Å². The van der Waals surface area contributed by atoms with Gasteiger partial charge in [0.05, 0.1) is 13.5 Å². The van der Waals surface area contributed by atoms with Crippen molar-refractivity contribution in [3.8, 4) is 5.75 Å². The Balaban J connectivity index is 1.84. The molecule has 1 heterocycles. The van der Waals surface area contributed by atoms with E-state index in [-0.39, 0.29) is 24.8 Å². The predicted octanol–water partition coefficient (Wildman–Crippen LogP) is 4.68. The summed E-state index contributed by atoms with van der Waals surface area (Å²) in [6.07, 6.45) is 1.91. The highest BCUT2D eigenvalue weighted by Crippen LogP contribution is 2.24. The number of thiophene rings is 1. The first-order valence-corrected chi connectivity index (χ1v) is 11.3. The van der Waals surface area contributed by atoms with E-state index in [1.54, 1.807) is 18.1 Å². The van der Waals surface area contributed by atoms with Gasteiger partial charge in [-0.2, -0.15) is 0 Å². The van der Waals surface area contributed by atoms with Gasteiger partial charge in [0.15, 0.2) is 0 Å². The number of amides is 2. The van der Waals surface area contributed by atoms with Crippen LogP contribution in [0.15, 0.2) is 78.7 Å². The number of methoxy groups -OCH3 is 1. The summed E-state index contributed by atoms with van der Waals surface area (Å²) in [6, 6.07) is 18.3. The predicted molar refractivity (Wildman–Crippen MR) is 129 cm³/mol. The molecule has 0 saturated carbocycles. The molecule has 0 unspecified atom stereocenters. The molecule has 0 radical (unpaired) electrons. The molecule has 0 bridgehead atoms. The van der Waals surface area contributed by atoms with Crippen LogP contribution in [0.4, 0.5) is 0 Å². The minimum atomic E-state index is -0.751. The third kappa shape index (κ3) is 6.08. The van der Waals surface area contributed by atoms with Gasteiger partial charge < -0.3 is 15.0 Å². The normalized spacial score (nSPS) is 11.4. The number of nitrogens with zero attached hydrogens (tertiary/aromatic N) is 1. The summed E-state index contributed by atoms with van der Waals surface area (Å²) in [7, 11) is 1.62. The highest BCUT2D eigenvalue weighted by Gasteiger charge is 2.30. The van der Waals surface area contributed by atoms with E-state index in [2.05, 4.69) is 11.9 Å². The molecule has 5 nitrogen and oxygen atoms in total. The van der Waals surface area contributed by atoms with E-state index in [9.17, 15) is 9.59 Å². The zero-order valence-corrected chi connectivity index (χ0v) is 19.2. The van der Waals surface area contributed by atoms with Crippen molar-refractivity contribution in [1.82, 2.24) is 10.2 Å². The number of aryl methyl sites for hydroxylation is 1. The molecule has 3 rings (SSSR count). The standard InChI is InChI=1S/C26H28N2O3S/c1-4-15-28(24(29)17-23-6-5-16-32-23)25(21-11-7-19(2)8-12-21)26(30)27-18-20-9-13-22(31-3)14-10-20/h4-14,16,25H,1,15,17-18H2,2-3H3,(H,27,30)/t25-/m1/s1. The van der Waals surface area contributed by atoms with Crippen molar-refractivity contribution in [3.05, 3.63) is 100 Å².